The van der Waals surface area contributed by atoms with Crippen molar-refractivity contribution in [3.63, 3.8) is 0 Å². The van der Waals surface area contributed by atoms with E-state index in [1.54, 1.807) is 6.07 Å². The van der Waals surface area contributed by atoms with Crippen LogP contribution in [-0.4, -0.2) is 13.3 Å². The molecule has 0 heterocycles. The van der Waals surface area contributed by atoms with Crippen molar-refractivity contribution in [1.29, 1.82) is 0 Å². The van der Waals surface area contributed by atoms with Gasteiger partial charge >= 0.3 is 0 Å². The molecule has 0 aromatic heterocycles. The van der Waals surface area contributed by atoms with Crippen LogP contribution in [0.1, 0.15) is 36.1 Å². The molecule has 0 aliphatic carbocycles. The number of sulfonamides is 1. The van der Waals surface area contributed by atoms with Gasteiger partial charge in [0.05, 0.1) is 10.7 Å². The predicted octanol–water partition coefficient (Wildman–Crippen LogP) is 3.47. The van der Waals surface area contributed by atoms with Crippen molar-refractivity contribution < 1.29 is 13.3 Å². The smallest absolute Gasteiger partial charge is 0.258 e. The molecule has 1 atom stereocenters. The molecule has 0 aliphatic heterocycles. The van der Waals surface area contributed by atoms with E-state index in [9.17, 15) is 18.5 Å². The number of nitro benzene ring substituents is 1. The van der Waals surface area contributed by atoms with Crippen molar-refractivity contribution in [2.24, 2.45) is 0 Å². The minimum atomic E-state index is -3.62. The Morgan fingerprint density at radius 2 is 1.83 bits per heavy atom. The van der Waals surface area contributed by atoms with Crippen LogP contribution in [0.4, 0.5) is 5.69 Å². The number of nitro groups is 1. The second-order valence-electron chi connectivity index (χ2n) is 5.68. The van der Waals surface area contributed by atoms with E-state index in [-0.39, 0.29) is 17.5 Å². The molecule has 0 spiro atoms. The summed E-state index contributed by atoms with van der Waals surface area (Å²) in [5.41, 5.74) is 2.27. The fourth-order valence-electron chi connectivity index (χ4n) is 2.42. The summed E-state index contributed by atoms with van der Waals surface area (Å²) in [6.07, 6.45) is 0.608. The van der Waals surface area contributed by atoms with E-state index in [1.807, 2.05) is 38.1 Å². The van der Waals surface area contributed by atoms with Crippen LogP contribution in [0.2, 0.25) is 0 Å². The molecule has 24 heavy (non-hydrogen) atoms. The normalized spacial score (nSPS) is 12.8. The highest BCUT2D eigenvalue weighted by Crippen LogP contribution is 2.20. The summed E-state index contributed by atoms with van der Waals surface area (Å²) >= 11 is 0. The number of hydrogen-bond donors (Lipinski definition) is 1. The number of nitrogens with one attached hydrogen (secondary N) is 1. The van der Waals surface area contributed by atoms with Gasteiger partial charge in [-0.25, -0.2) is 13.1 Å². The van der Waals surface area contributed by atoms with Crippen molar-refractivity contribution in [1.82, 2.24) is 4.72 Å². The molecule has 2 aromatic rings. The molecule has 0 amide bonds. The van der Waals surface area contributed by atoms with Gasteiger partial charge < -0.3 is 0 Å². The maximum absolute atomic E-state index is 12.4. The Bertz CT molecular complexity index is 817. The van der Waals surface area contributed by atoms with Crippen LogP contribution in [-0.2, 0) is 15.8 Å². The Kier molecular flexibility index (Phi) is 5.69. The number of rotatable bonds is 7. The lowest BCUT2D eigenvalue weighted by Gasteiger charge is -2.18. The number of hydrogen-bond acceptors (Lipinski definition) is 4. The molecule has 0 radical (unpaired) electrons. The Hall–Kier alpha value is -2.25. The van der Waals surface area contributed by atoms with Crippen LogP contribution in [0.15, 0.2) is 48.5 Å². The molecular formula is C17H20N2O4S. The third kappa shape index (κ3) is 4.87. The van der Waals surface area contributed by atoms with E-state index in [0.717, 1.165) is 11.1 Å². The minimum Gasteiger partial charge on any atom is -0.258 e. The Labute approximate surface area is 141 Å². The largest absolute Gasteiger partial charge is 0.269 e. The second-order valence-corrected chi connectivity index (χ2v) is 7.43. The van der Waals surface area contributed by atoms with Gasteiger partial charge in [0.1, 0.15) is 0 Å². The molecule has 0 unspecified atom stereocenters. The van der Waals surface area contributed by atoms with Gasteiger partial charge in [0, 0.05) is 18.2 Å². The van der Waals surface area contributed by atoms with Crippen molar-refractivity contribution >= 4 is 15.7 Å². The summed E-state index contributed by atoms with van der Waals surface area (Å²) in [5, 5.41) is 10.8. The standard InChI is InChI=1S/C17H20N2O4S/c1-3-17(15-9-7-13(2)8-10-15)18-24(22,23)12-14-5-4-6-16(11-14)19(20)21/h4-11,17-18H,3,12H2,1-2H3/t17-/m1/s1. The van der Waals surface area contributed by atoms with Gasteiger partial charge in [-0.15, -0.1) is 0 Å². The first-order valence-electron chi connectivity index (χ1n) is 7.60. The zero-order valence-electron chi connectivity index (χ0n) is 13.6. The molecule has 6 nitrogen and oxygen atoms in total. The van der Waals surface area contributed by atoms with E-state index < -0.39 is 14.9 Å². The van der Waals surface area contributed by atoms with Crippen LogP contribution in [0.3, 0.4) is 0 Å². The zero-order chi connectivity index (χ0) is 17.7. The van der Waals surface area contributed by atoms with Gasteiger partial charge in [-0.2, -0.15) is 0 Å². The fourth-order valence-corrected chi connectivity index (χ4v) is 3.86. The molecule has 0 saturated heterocycles. The van der Waals surface area contributed by atoms with Gasteiger partial charge in [-0.1, -0.05) is 48.9 Å². The summed E-state index contributed by atoms with van der Waals surface area (Å²) in [4.78, 5) is 10.3. The Balaban J connectivity index is 2.16. The van der Waals surface area contributed by atoms with E-state index >= 15 is 0 Å². The highest BCUT2D eigenvalue weighted by atomic mass is 32.2. The summed E-state index contributed by atoms with van der Waals surface area (Å²) in [6, 6.07) is 13.0. The average Bonchev–Trinajstić information content (AvgIpc) is 2.53. The number of aryl methyl sites for hydroxylation is 1. The van der Waals surface area contributed by atoms with Crippen molar-refractivity contribution in [3.05, 3.63) is 75.3 Å². The van der Waals surface area contributed by atoms with Crippen LogP contribution < -0.4 is 4.72 Å². The monoisotopic (exact) mass is 348 g/mol. The first kappa shape index (κ1) is 18.1. The first-order valence-corrected chi connectivity index (χ1v) is 9.26. The Morgan fingerprint density at radius 1 is 1.17 bits per heavy atom. The highest BCUT2D eigenvalue weighted by molar-refractivity contribution is 7.88. The molecule has 0 bridgehead atoms. The van der Waals surface area contributed by atoms with E-state index in [0.29, 0.717) is 12.0 Å². The van der Waals surface area contributed by atoms with Crippen molar-refractivity contribution in [2.45, 2.75) is 32.1 Å². The van der Waals surface area contributed by atoms with Gasteiger partial charge in [-0.3, -0.25) is 10.1 Å². The van der Waals surface area contributed by atoms with E-state index in [1.165, 1.54) is 18.2 Å². The summed E-state index contributed by atoms with van der Waals surface area (Å²) in [5.74, 6) is -0.295. The van der Waals surface area contributed by atoms with Crippen molar-refractivity contribution in [3.8, 4) is 0 Å². The van der Waals surface area contributed by atoms with Crippen LogP contribution in [0.25, 0.3) is 0 Å². The van der Waals surface area contributed by atoms with Crippen LogP contribution in [0, 0.1) is 17.0 Å². The molecule has 0 aliphatic rings. The highest BCUT2D eigenvalue weighted by Gasteiger charge is 2.19. The van der Waals surface area contributed by atoms with Crippen LogP contribution >= 0.6 is 0 Å². The molecule has 0 fully saturated rings. The third-order valence-electron chi connectivity index (χ3n) is 3.69. The summed E-state index contributed by atoms with van der Waals surface area (Å²) in [7, 11) is -3.62. The third-order valence-corrected chi connectivity index (χ3v) is 5.04. The minimum absolute atomic E-state index is 0.117. The average molecular weight is 348 g/mol. The zero-order valence-corrected chi connectivity index (χ0v) is 14.4. The molecular weight excluding hydrogens is 328 g/mol. The number of benzene rings is 2. The lowest BCUT2D eigenvalue weighted by Crippen LogP contribution is -2.29. The van der Waals surface area contributed by atoms with Crippen molar-refractivity contribution in [2.75, 3.05) is 0 Å². The predicted molar refractivity (Wildman–Crippen MR) is 93.1 cm³/mol. The molecule has 1 N–H and O–H groups in total. The van der Waals surface area contributed by atoms with Gasteiger partial charge in [0.15, 0.2) is 0 Å². The molecule has 2 aromatic carbocycles. The van der Waals surface area contributed by atoms with Gasteiger partial charge in [0.25, 0.3) is 5.69 Å². The maximum atomic E-state index is 12.4. The van der Waals surface area contributed by atoms with Gasteiger partial charge in [-0.05, 0) is 24.5 Å². The first-order chi connectivity index (χ1) is 11.3. The summed E-state index contributed by atoms with van der Waals surface area (Å²) < 4.78 is 27.5. The quantitative estimate of drug-likeness (QED) is 0.613. The summed E-state index contributed by atoms with van der Waals surface area (Å²) in [6.45, 7) is 3.87. The van der Waals surface area contributed by atoms with E-state index in [4.69, 9.17) is 0 Å². The molecule has 2 rings (SSSR count). The molecule has 0 saturated carbocycles. The van der Waals surface area contributed by atoms with E-state index in [2.05, 4.69) is 4.72 Å². The molecule has 7 heteroatoms. The Morgan fingerprint density at radius 3 is 2.42 bits per heavy atom. The van der Waals surface area contributed by atoms with Gasteiger partial charge in [0.2, 0.25) is 10.0 Å². The lowest BCUT2D eigenvalue weighted by atomic mass is 10.0. The number of nitrogens with zero attached hydrogens (tertiary/aromatic N) is 1. The fraction of sp³-hybridized carbons (Fsp3) is 0.294. The lowest BCUT2D eigenvalue weighted by molar-refractivity contribution is -0.384. The topological polar surface area (TPSA) is 89.3 Å². The second kappa shape index (κ2) is 7.55. The SMILES string of the molecule is CC[C@@H](NS(=O)(=O)Cc1cccc([N+](=O)[O-])c1)c1ccc(C)cc1. The molecule has 128 valence electrons. The number of non-ortho nitro benzene ring substituents is 1. The maximum Gasteiger partial charge on any atom is 0.269 e. The van der Waals surface area contributed by atoms with Crippen LogP contribution in [0.5, 0.6) is 0 Å².